The maximum Gasteiger partial charge on any atom is 0.201 e. The largest absolute Gasteiger partial charge is 0.369 e. The zero-order chi connectivity index (χ0) is 13.6. The van der Waals surface area contributed by atoms with E-state index in [9.17, 15) is 0 Å². The van der Waals surface area contributed by atoms with Gasteiger partial charge in [0, 0.05) is 8.45 Å². The Balaban J connectivity index is 2.16. The number of rotatable bonds is 2. The second-order valence-corrected chi connectivity index (χ2v) is 7.28. The van der Waals surface area contributed by atoms with Crippen molar-refractivity contribution in [3.8, 4) is 0 Å². The Labute approximate surface area is 133 Å². The van der Waals surface area contributed by atoms with Crippen LogP contribution in [0.1, 0.15) is 17.8 Å². The molecule has 0 aliphatic carbocycles. The average Bonchev–Trinajstić information content (AvgIpc) is 2.91. The molecule has 6 heteroatoms. The van der Waals surface area contributed by atoms with Crippen LogP contribution in [0.5, 0.6) is 0 Å². The number of anilines is 1. The van der Waals surface area contributed by atoms with Gasteiger partial charge in [0.05, 0.1) is 21.4 Å². The molecule has 3 rings (SSSR count). The summed E-state index contributed by atoms with van der Waals surface area (Å²) in [7, 11) is 0. The van der Waals surface area contributed by atoms with Crippen LogP contribution in [0.4, 0.5) is 5.95 Å². The Hall–Kier alpha value is -0.790. The van der Waals surface area contributed by atoms with Gasteiger partial charge >= 0.3 is 0 Å². The number of halogens is 2. The van der Waals surface area contributed by atoms with Crippen LogP contribution < -0.4 is 5.73 Å². The summed E-state index contributed by atoms with van der Waals surface area (Å²) < 4.78 is 3.99. The number of benzene rings is 1. The standard InChI is InChI=1S/C13H11ClIN3S/c1-7(11-4-5-12(14)19-11)18-10-3-2-8(15)6-9(10)17-13(18)16/h2-7H,1H3,(H2,16,17). The minimum Gasteiger partial charge on any atom is -0.369 e. The summed E-state index contributed by atoms with van der Waals surface area (Å²) in [5.41, 5.74) is 8.05. The topological polar surface area (TPSA) is 43.8 Å². The molecule has 0 amide bonds. The average molecular weight is 404 g/mol. The molecule has 19 heavy (non-hydrogen) atoms. The highest BCUT2D eigenvalue weighted by molar-refractivity contribution is 14.1. The smallest absolute Gasteiger partial charge is 0.201 e. The van der Waals surface area contributed by atoms with E-state index in [1.807, 2.05) is 22.8 Å². The van der Waals surface area contributed by atoms with Gasteiger partial charge in [-0.3, -0.25) is 0 Å². The molecule has 2 aromatic heterocycles. The van der Waals surface area contributed by atoms with Crippen molar-refractivity contribution in [2.45, 2.75) is 13.0 Å². The van der Waals surface area contributed by atoms with Crippen molar-refractivity contribution >= 4 is 62.5 Å². The van der Waals surface area contributed by atoms with Crippen LogP contribution in [0.2, 0.25) is 4.34 Å². The molecule has 0 bridgehead atoms. The third kappa shape index (κ3) is 2.34. The lowest BCUT2D eigenvalue weighted by molar-refractivity contribution is 0.680. The summed E-state index contributed by atoms with van der Waals surface area (Å²) in [6.45, 7) is 2.11. The molecule has 3 nitrogen and oxygen atoms in total. The molecular weight excluding hydrogens is 393 g/mol. The molecule has 0 aliphatic rings. The van der Waals surface area contributed by atoms with Gasteiger partial charge < -0.3 is 10.3 Å². The van der Waals surface area contributed by atoms with E-state index in [4.69, 9.17) is 17.3 Å². The van der Waals surface area contributed by atoms with Crippen molar-refractivity contribution in [3.05, 3.63) is 43.1 Å². The van der Waals surface area contributed by atoms with E-state index in [1.165, 1.54) is 4.88 Å². The minimum atomic E-state index is 0.127. The predicted molar refractivity (Wildman–Crippen MR) is 90.0 cm³/mol. The highest BCUT2D eigenvalue weighted by Crippen LogP contribution is 2.33. The molecule has 1 aromatic carbocycles. The Morgan fingerprint density at radius 3 is 2.84 bits per heavy atom. The first-order chi connectivity index (χ1) is 9.06. The Bertz CT molecular complexity index is 750. The lowest BCUT2D eigenvalue weighted by Crippen LogP contribution is -2.08. The Kier molecular flexibility index (Phi) is 3.44. The second kappa shape index (κ2) is 4.96. The number of imidazole rings is 1. The highest BCUT2D eigenvalue weighted by Gasteiger charge is 2.17. The predicted octanol–water partition coefficient (Wildman–Crippen LogP) is 4.55. The minimum absolute atomic E-state index is 0.127. The zero-order valence-electron chi connectivity index (χ0n) is 10.1. The van der Waals surface area contributed by atoms with Gasteiger partial charge in [0.1, 0.15) is 0 Å². The van der Waals surface area contributed by atoms with Gasteiger partial charge in [-0.2, -0.15) is 0 Å². The summed E-state index contributed by atoms with van der Waals surface area (Å²) in [4.78, 5) is 5.61. The van der Waals surface area contributed by atoms with Crippen LogP contribution in [-0.4, -0.2) is 9.55 Å². The van der Waals surface area contributed by atoms with Crippen LogP contribution in [0.15, 0.2) is 30.3 Å². The summed E-state index contributed by atoms with van der Waals surface area (Å²) in [5, 5.41) is 0. The van der Waals surface area contributed by atoms with Crippen LogP contribution in [-0.2, 0) is 0 Å². The van der Waals surface area contributed by atoms with Crippen LogP contribution in [0, 0.1) is 3.57 Å². The van der Waals surface area contributed by atoms with Gasteiger partial charge in [-0.1, -0.05) is 11.6 Å². The normalized spacial score (nSPS) is 13.0. The molecule has 3 aromatic rings. The Morgan fingerprint density at radius 2 is 2.16 bits per heavy atom. The monoisotopic (exact) mass is 403 g/mol. The number of nitrogen functional groups attached to an aromatic ring is 1. The molecule has 0 saturated carbocycles. The van der Waals surface area contributed by atoms with E-state index < -0.39 is 0 Å². The first kappa shape index (κ1) is 13.2. The summed E-state index contributed by atoms with van der Waals surface area (Å²) in [6, 6.07) is 10.2. The van der Waals surface area contributed by atoms with Crippen molar-refractivity contribution in [1.82, 2.24) is 9.55 Å². The molecule has 2 heterocycles. The molecule has 1 atom stereocenters. The van der Waals surface area contributed by atoms with E-state index in [0.717, 1.165) is 18.9 Å². The summed E-state index contributed by atoms with van der Waals surface area (Å²) >= 11 is 9.86. The molecule has 0 saturated heterocycles. The third-order valence-electron chi connectivity index (χ3n) is 3.07. The van der Waals surface area contributed by atoms with Crippen LogP contribution >= 0.6 is 45.5 Å². The number of thiophene rings is 1. The quantitative estimate of drug-likeness (QED) is 0.638. The number of fused-ring (bicyclic) bond motifs is 1. The van der Waals surface area contributed by atoms with Crippen molar-refractivity contribution < 1.29 is 0 Å². The number of nitrogens with zero attached hydrogens (tertiary/aromatic N) is 2. The van der Waals surface area contributed by atoms with Crippen molar-refractivity contribution in [1.29, 1.82) is 0 Å². The van der Waals surface area contributed by atoms with Gasteiger partial charge in [-0.25, -0.2) is 4.98 Å². The molecular formula is C13H11ClIN3S. The van der Waals surface area contributed by atoms with Crippen molar-refractivity contribution in [3.63, 3.8) is 0 Å². The van der Waals surface area contributed by atoms with Gasteiger partial charge in [0.25, 0.3) is 0 Å². The molecule has 0 radical (unpaired) electrons. The fraction of sp³-hybridized carbons (Fsp3) is 0.154. The van der Waals surface area contributed by atoms with Gasteiger partial charge in [0.15, 0.2) is 0 Å². The Morgan fingerprint density at radius 1 is 1.37 bits per heavy atom. The first-order valence-electron chi connectivity index (χ1n) is 5.74. The van der Waals surface area contributed by atoms with E-state index in [2.05, 4.69) is 46.6 Å². The highest BCUT2D eigenvalue weighted by atomic mass is 127. The third-order valence-corrected chi connectivity index (χ3v) is 5.14. The van der Waals surface area contributed by atoms with Crippen LogP contribution in [0.3, 0.4) is 0 Å². The number of aromatic nitrogens is 2. The maximum absolute atomic E-state index is 6.07. The second-order valence-electron chi connectivity index (χ2n) is 4.29. The lowest BCUT2D eigenvalue weighted by Gasteiger charge is -2.14. The SMILES string of the molecule is CC(c1ccc(Cl)s1)n1c(N)nc2cc(I)ccc21. The number of hydrogen-bond donors (Lipinski definition) is 1. The zero-order valence-corrected chi connectivity index (χ0v) is 13.8. The van der Waals surface area contributed by atoms with Gasteiger partial charge in [0.2, 0.25) is 5.95 Å². The summed E-state index contributed by atoms with van der Waals surface area (Å²) in [5.74, 6) is 0.536. The molecule has 0 aliphatic heterocycles. The fourth-order valence-corrected chi connectivity index (χ4v) is 3.76. The van der Waals surface area contributed by atoms with E-state index in [1.54, 1.807) is 11.3 Å². The fourth-order valence-electron chi connectivity index (χ4n) is 2.18. The molecule has 2 N–H and O–H groups in total. The van der Waals surface area contributed by atoms with Crippen LogP contribution in [0.25, 0.3) is 11.0 Å². The van der Waals surface area contributed by atoms with Crippen molar-refractivity contribution in [2.75, 3.05) is 5.73 Å². The van der Waals surface area contributed by atoms with E-state index >= 15 is 0 Å². The van der Waals surface area contributed by atoms with Gasteiger partial charge in [-0.05, 0) is 59.8 Å². The molecule has 98 valence electrons. The number of hydrogen-bond acceptors (Lipinski definition) is 3. The lowest BCUT2D eigenvalue weighted by atomic mass is 10.2. The first-order valence-corrected chi connectivity index (χ1v) is 8.02. The molecule has 0 spiro atoms. The summed E-state index contributed by atoms with van der Waals surface area (Å²) in [6.07, 6.45) is 0. The molecule has 1 unspecified atom stereocenters. The van der Waals surface area contributed by atoms with E-state index in [0.29, 0.717) is 5.95 Å². The van der Waals surface area contributed by atoms with E-state index in [-0.39, 0.29) is 6.04 Å². The number of nitrogens with two attached hydrogens (primary N) is 1. The maximum atomic E-state index is 6.07. The molecule has 0 fully saturated rings. The van der Waals surface area contributed by atoms with Crippen molar-refractivity contribution in [2.24, 2.45) is 0 Å². The van der Waals surface area contributed by atoms with Gasteiger partial charge in [-0.15, -0.1) is 11.3 Å².